The lowest BCUT2D eigenvalue weighted by Gasteiger charge is -2.14. The molecule has 0 saturated heterocycles. The molecule has 5 heteroatoms. The molecular formula is C11H11FN4. The molecule has 0 spiro atoms. The topological polar surface area (TPSA) is 34.5 Å². The zero-order valence-electron chi connectivity index (χ0n) is 9.32. The Labute approximate surface area is 92.6 Å². The molecule has 2 rings (SSSR count). The summed E-state index contributed by atoms with van der Waals surface area (Å²) in [4.78, 5) is 11.2. The number of nitrogens with zero attached hydrogens (tertiary/aromatic N) is 4. The molecule has 82 valence electrons. The van der Waals surface area contributed by atoms with Crippen LogP contribution in [-0.2, 0) is 5.41 Å². The summed E-state index contributed by atoms with van der Waals surface area (Å²) >= 11 is 0. The maximum Gasteiger partial charge on any atom is 0.274 e. The lowest BCUT2D eigenvalue weighted by Crippen LogP contribution is -2.13. The third-order valence-corrected chi connectivity index (χ3v) is 2.27. The third-order valence-electron chi connectivity index (χ3n) is 2.27. The van der Waals surface area contributed by atoms with E-state index in [1.54, 1.807) is 0 Å². The van der Waals surface area contributed by atoms with Crippen LogP contribution in [-0.4, -0.2) is 14.4 Å². The maximum absolute atomic E-state index is 13.9. The smallest absolute Gasteiger partial charge is 0.274 e. The summed E-state index contributed by atoms with van der Waals surface area (Å²) in [5.41, 5.74) is 0.439. The Hall–Kier alpha value is -1.96. The second-order valence-corrected chi connectivity index (χ2v) is 4.59. The van der Waals surface area contributed by atoms with Crippen molar-refractivity contribution in [1.29, 1.82) is 0 Å². The normalized spacial score (nSPS) is 11.7. The molecule has 0 amide bonds. The van der Waals surface area contributed by atoms with Gasteiger partial charge in [0.2, 0.25) is 5.95 Å². The predicted octanol–water partition coefficient (Wildman–Crippen LogP) is 2.72. The van der Waals surface area contributed by atoms with Crippen LogP contribution in [0.5, 0.6) is 0 Å². The second-order valence-electron chi connectivity index (χ2n) is 4.59. The van der Waals surface area contributed by atoms with Crippen LogP contribution in [0.4, 0.5) is 10.2 Å². The largest absolute Gasteiger partial charge is 0.360 e. The highest BCUT2D eigenvalue weighted by Crippen LogP contribution is 2.25. The molecule has 0 unspecified atom stereocenters. The van der Waals surface area contributed by atoms with Crippen LogP contribution in [0.1, 0.15) is 26.5 Å². The molecule has 0 saturated carbocycles. The molecule has 0 aromatic carbocycles. The zero-order valence-corrected chi connectivity index (χ0v) is 9.32. The molecule has 0 bridgehead atoms. The van der Waals surface area contributed by atoms with Gasteiger partial charge in [0.25, 0.3) is 5.82 Å². The molecule has 2 aromatic rings. The van der Waals surface area contributed by atoms with Gasteiger partial charge in [0.15, 0.2) is 6.33 Å². The van der Waals surface area contributed by atoms with Crippen LogP contribution in [0.2, 0.25) is 0 Å². The van der Waals surface area contributed by atoms with Gasteiger partial charge in [0.05, 0.1) is 0 Å². The van der Waals surface area contributed by atoms with Crippen LogP contribution in [0, 0.1) is 12.5 Å². The quantitative estimate of drug-likeness (QED) is 0.637. The van der Waals surface area contributed by atoms with Crippen LogP contribution in [0.3, 0.4) is 0 Å². The van der Waals surface area contributed by atoms with Crippen molar-refractivity contribution in [2.24, 2.45) is 0 Å². The molecule has 2 heterocycles. The fourth-order valence-electron chi connectivity index (χ4n) is 1.45. The molecular weight excluding hydrogens is 207 g/mol. The van der Waals surface area contributed by atoms with E-state index in [1.807, 2.05) is 20.8 Å². The van der Waals surface area contributed by atoms with E-state index >= 15 is 0 Å². The number of hydrogen-bond donors (Lipinski definition) is 0. The van der Waals surface area contributed by atoms with Gasteiger partial charge in [-0.2, -0.15) is 4.39 Å². The van der Waals surface area contributed by atoms with E-state index in [9.17, 15) is 4.39 Å². The molecule has 0 aliphatic rings. The predicted molar refractivity (Wildman–Crippen MR) is 57.9 cm³/mol. The summed E-state index contributed by atoms with van der Waals surface area (Å²) in [5, 5.41) is 0. The number of rotatable bonds is 0. The fourth-order valence-corrected chi connectivity index (χ4v) is 1.45. The minimum atomic E-state index is -0.411. The monoisotopic (exact) mass is 218 g/mol. The summed E-state index contributed by atoms with van der Waals surface area (Å²) in [5.74, 6) is -0.190. The minimum Gasteiger partial charge on any atom is -0.360 e. The standard InChI is InChI=1S/C11H11FN4/c1-11(2,3)9-10(12)16-6-14-7(13-4)5-8(16)15-9/h5-6H,1-3H3. The highest BCUT2D eigenvalue weighted by atomic mass is 19.1. The number of hydrogen-bond acceptors (Lipinski definition) is 2. The van der Waals surface area contributed by atoms with Crippen LogP contribution < -0.4 is 0 Å². The highest BCUT2D eigenvalue weighted by molar-refractivity contribution is 5.51. The van der Waals surface area contributed by atoms with Crippen LogP contribution >= 0.6 is 0 Å². The van der Waals surface area contributed by atoms with Crippen molar-refractivity contribution in [1.82, 2.24) is 14.4 Å². The summed E-state index contributed by atoms with van der Waals surface area (Å²) in [7, 11) is 0. The van der Waals surface area contributed by atoms with E-state index in [2.05, 4.69) is 14.8 Å². The number of halogens is 1. The van der Waals surface area contributed by atoms with Crippen molar-refractivity contribution in [2.75, 3.05) is 0 Å². The summed E-state index contributed by atoms with van der Waals surface area (Å²) in [6, 6.07) is 1.48. The molecule has 0 fully saturated rings. The first-order valence-electron chi connectivity index (χ1n) is 4.85. The zero-order chi connectivity index (χ0) is 11.9. The summed E-state index contributed by atoms with van der Waals surface area (Å²) < 4.78 is 15.2. The molecule has 16 heavy (non-hydrogen) atoms. The van der Waals surface area contributed by atoms with Gasteiger partial charge in [-0.25, -0.2) is 9.38 Å². The van der Waals surface area contributed by atoms with Gasteiger partial charge in [-0.3, -0.25) is 0 Å². The average Bonchev–Trinajstić information content (AvgIpc) is 2.55. The number of fused-ring (bicyclic) bond motifs is 1. The van der Waals surface area contributed by atoms with Crippen molar-refractivity contribution in [3.8, 4) is 0 Å². The van der Waals surface area contributed by atoms with Crippen molar-refractivity contribution in [3.63, 3.8) is 0 Å². The summed E-state index contributed by atoms with van der Waals surface area (Å²) in [6.45, 7) is 12.5. The lowest BCUT2D eigenvalue weighted by molar-refractivity contribution is 0.489. The molecule has 0 aliphatic heterocycles. The van der Waals surface area contributed by atoms with Gasteiger partial charge < -0.3 is 4.85 Å². The highest BCUT2D eigenvalue weighted by Gasteiger charge is 2.24. The Balaban J connectivity index is 2.74. The minimum absolute atomic E-state index is 0.220. The first kappa shape index (κ1) is 10.6. The fraction of sp³-hybridized carbons (Fsp3) is 0.364. The first-order chi connectivity index (χ1) is 7.43. The summed E-state index contributed by atoms with van der Waals surface area (Å²) in [6.07, 6.45) is 1.29. The Morgan fingerprint density at radius 1 is 1.44 bits per heavy atom. The van der Waals surface area contributed by atoms with Gasteiger partial charge in [-0.05, 0) is 0 Å². The lowest BCUT2D eigenvalue weighted by atomic mass is 9.93. The van der Waals surface area contributed by atoms with E-state index in [0.29, 0.717) is 11.3 Å². The van der Waals surface area contributed by atoms with E-state index in [-0.39, 0.29) is 11.2 Å². The van der Waals surface area contributed by atoms with Crippen molar-refractivity contribution < 1.29 is 4.39 Å². The number of imidazole rings is 1. The van der Waals surface area contributed by atoms with Crippen molar-refractivity contribution >= 4 is 11.5 Å². The van der Waals surface area contributed by atoms with Crippen molar-refractivity contribution in [3.05, 3.63) is 35.5 Å². The second kappa shape index (κ2) is 3.27. The van der Waals surface area contributed by atoms with E-state index in [4.69, 9.17) is 6.57 Å². The van der Waals surface area contributed by atoms with Gasteiger partial charge in [-0.1, -0.05) is 27.3 Å². The average molecular weight is 218 g/mol. The van der Waals surface area contributed by atoms with Crippen LogP contribution in [0.25, 0.3) is 10.5 Å². The molecule has 4 nitrogen and oxygen atoms in total. The van der Waals surface area contributed by atoms with E-state index in [1.165, 1.54) is 16.8 Å². The Morgan fingerprint density at radius 3 is 2.69 bits per heavy atom. The molecule has 0 aliphatic carbocycles. The molecule has 0 radical (unpaired) electrons. The molecule has 0 N–H and O–H groups in total. The molecule has 0 atom stereocenters. The first-order valence-corrected chi connectivity index (χ1v) is 4.85. The van der Waals surface area contributed by atoms with Gasteiger partial charge in [0, 0.05) is 11.5 Å². The van der Waals surface area contributed by atoms with Crippen LogP contribution in [0.15, 0.2) is 12.4 Å². The Morgan fingerprint density at radius 2 is 2.12 bits per heavy atom. The van der Waals surface area contributed by atoms with Gasteiger partial charge in [-0.15, -0.1) is 4.98 Å². The van der Waals surface area contributed by atoms with Gasteiger partial charge in [0.1, 0.15) is 11.3 Å². The Kier molecular flexibility index (Phi) is 2.16. The maximum atomic E-state index is 13.9. The van der Waals surface area contributed by atoms with Gasteiger partial charge >= 0.3 is 0 Å². The molecule has 2 aromatic heterocycles. The number of aromatic nitrogens is 3. The SMILES string of the molecule is [C-]#[N+]c1cc2nc(C(C)(C)C)c(F)n2cn1. The van der Waals surface area contributed by atoms with E-state index in [0.717, 1.165) is 0 Å². The third kappa shape index (κ3) is 1.52. The van der Waals surface area contributed by atoms with Crippen molar-refractivity contribution in [2.45, 2.75) is 26.2 Å². The Bertz CT molecular complexity index is 586. The van der Waals surface area contributed by atoms with E-state index < -0.39 is 5.95 Å².